The van der Waals surface area contributed by atoms with Crippen molar-refractivity contribution in [2.45, 2.75) is 32.7 Å². The molecule has 1 aromatic carbocycles. The molecule has 0 spiro atoms. The first-order valence-electron chi connectivity index (χ1n) is 7.34. The number of nitrogens with zero attached hydrogens (tertiary/aromatic N) is 2. The van der Waals surface area contributed by atoms with E-state index < -0.39 is 0 Å². The number of methoxy groups -OCH3 is 2. The number of nitrogens with one attached hydrogen (secondary N) is 1. The molecule has 1 amide bonds. The van der Waals surface area contributed by atoms with Crippen molar-refractivity contribution < 1.29 is 18.8 Å². The van der Waals surface area contributed by atoms with Crippen LogP contribution in [-0.4, -0.2) is 30.3 Å². The van der Waals surface area contributed by atoms with Gasteiger partial charge in [0.2, 0.25) is 11.8 Å². The van der Waals surface area contributed by atoms with Gasteiger partial charge in [0.1, 0.15) is 17.5 Å². The Hall–Kier alpha value is -2.57. The van der Waals surface area contributed by atoms with Crippen molar-refractivity contribution in [3.63, 3.8) is 0 Å². The lowest BCUT2D eigenvalue weighted by Crippen LogP contribution is -2.27. The van der Waals surface area contributed by atoms with Crippen LogP contribution >= 0.6 is 0 Å². The van der Waals surface area contributed by atoms with Crippen molar-refractivity contribution in [1.29, 1.82) is 0 Å². The van der Waals surface area contributed by atoms with E-state index >= 15 is 0 Å². The average molecular weight is 319 g/mol. The Balaban J connectivity index is 1.93. The van der Waals surface area contributed by atoms with Gasteiger partial charge in [-0.1, -0.05) is 5.16 Å². The van der Waals surface area contributed by atoms with Crippen molar-refractivity contribution >= 4 is 5.91 Å². The zero-order valence-electron chi connectivity index (χ0n) is 13.8. The van der Waals surface area contributed by atoms with Crippen molar-refractivity contribution in [2.24, 2.45) is 0 Å². The third kappa shape index (κ3) is 4.45. The van der Waals surface area contributed by atoms with Crippen molar-refractivity contribution in [2.75, 3.05) is 14.2 Å². The van der Waals surface area contributed by atoms with Gasteiger partial charge in [0, 0.05) is 6.42 Å². The molecular weight excluding hydrogens is 298 g/mol. The van der Waals surface area contributed by atoms with E-state index in [1.807, 2.05) is 18.2 Å². The lowest BCUT2D eigenvalue weighted by Gasteiger charge is -2.12. The molecule has 124 valence electrons. The number of hydrogen-bond acceptors (Lipinski definition) is 6. The number of ether oxygens (including phenoxy) is 2. The molecule has 0 saturated heterocycles. The zero-order chi connectivity index (χ0) is 16.8. The highest BCUT2D eigenvalue weighted by Gasteiger charge is 2.16. The summed E-state index contributed by atoms with van der Waals surface area (Å²) >= 11 is 0. The van der Waals surface area contributed by atoms with Gasteiger partial charge in [-0.05, 0) is 44.0 Å². The molecule has 1 heterocycles. The molecule has 2 rings (SSSR count). The van der Waals surface area contributed by atoms with E-state index in [1.165, 1.54) is 0 Å². The van der Waals surface area contributed by atoms with Crippen LogP contribution in [0.3, 0.4) is 0 Å². The standard InChI is InChI=1S/C16H21N3O4/c1-10(16-18-11(2)19-23-16)17-15(20)8-5-12-9-13(21-3)6-7-14(12)22-4/h6-7,9-10H,5,8H2,1-4H3,(H,17,20)/t10-/m0/s1. The quantitative estimate of drug-likeness (QED) is 0.842. The van der Waals surface area contributed by atoms with Crippen LogP contribution < -0.4 is 14.8 Å². The van der Waals surface area contributed by atoms with Gasteiger partial charge in [-0.3, -0.25) is 4.79 Å². The molecule has 23 heavy (non-hydrogen) atoms. The van der Waals surface area contributed by atoms with E-state index in [0.717, 1.165) is 17.1 Å². The number of aromatic nitrogens is 2. The SMILES string of the molecule is COc1ccc(OC)c(CCC(=O)N[C@@H](C)c2nc(C)no2)c1. The first-order chi connectivity index (χ1) is 11.0. The molecule has 7 nitrogen and oxygen atoms in total. The predicted molar refractivity (Wildman–Crippen MR) is 83.5 cm³/mol. The summed E-state index contributed by atoms with van der Waals surface area (Å²) in [6.07, 6.45) is 0.864. The minimum atomic E-state index is -0.323. The third-order valence-electron chi connectivity index (χ3n) is 3.40. The second kappa shape index (κ2) is 7.62. The first-order valence-corrected chi connectivity index (χ1v) is 7.34. The summed E-state index contributed by atoms with van der Waals surface area (Å²) in [5, 5.41) is 6.55. The van der Waals surface area contributed by atoms with Gasteiger partial charge in [-0.25, -0.2) is 0 Å². The summed E-state index contributed by atoms with van der Waals surface area (Å²) in [6.45, 7) is 3.54. The zero-order valence-corrected chi connectivity index (χ0v) is 13.8. The Labute approximate surface area is 135 Å². The Morgan fingerprint density at radius 1 is 1.35 bits per heavy atom. The molecule has 1 atom stereocenters. The lowest BCUT2D eigenvalue weighted by atomic mass is 10.1. The molecule has 0 aliphatic heterocycles. The fourth-order valence-corrected chi connectivity index (χ4v) is 2.19. The summed E-state index contributed by atoms with van der Waals surface area (Å²) in [7, 11) is 3.21. The number of rotatable bonds is 7. The highest BCUT2D eigenvalue weighted by Crippen LogP contribution is 2.25. The van der Waals surface area contributed by atoms with Crippen molar-refractivity contribution in [1.82, 2.24) is 15.5 Å². The summed E-state index contributed by atoms with van der Waals surface area (Å²) in [5.74, 6) is 2.31. The molecule has 0 aliphatic rings. The average Bonchev–Trinajstić information content (AvgIpc) is 2.99. The van der Waals surface area contributed by atoms with Crippen LogP contribution in [0.25, 0.3) is 0 Å². The third-order valence-corrected chi connectivity index (χ3v) is 3.40. The van der Waals surface area contributed by atoms with Crippen LogP contribution in [0.5, 0.6) is 11.5 Å². The summed E-state index contributed by atoms with van der Waals surface area (Å²) in [5.41, 5.74) is 0.920. The van der Waals surface area contributed by atoms with E-state index in [1.54, 1.807) is 28.1 Å². The Bertz CT molecular complexity index is 669. The van der Waals surface area contributed by atoms with Gasteiger partial charge in [-0.15, -0.1) is 0 Å². The normalized spacial score (nSPS) is 11.8. The van der Waals surface area contributed by atoms with Crippen LogP contribution in [-0.2, 0) is 11.2 Å². The van der Waals surface area contributed by atoms with Gasteiger partial charge in [-0.2, -0.15) is 4.98 Å². The second-order valence-corrected chi connectivity index (χ2v) is 5.15. The van der Waals surface area contributed by atoms with Crippen molar-refractivity contribution in [3.05, 3.63) is 35.5 Å². The van der Waals surface area contributed by atoms with Crippen LogP contribution in [0.4, 0.5) is 0 Å². The highest BCUT2D eigenvalue weighted by atomic mass is 16.5. The Morgan fingerprint density at radius 2 is 2.13 bits per heavy atom. The molecule has 0 fully saturated rings. The lowest BCUT2D eigenvalue weighted by molar-refractivity contribution is -0.121. The number of carbonyl (C=O) groups is 1. The maximum absolute atomic E-state index is 12.1. The van der Waals surface area contributed by atoms with E-state index in [0.29, 0.717) is 24.6 Å². The smallest absolute Gasteiger partial charge is 0.248 e. The van der Waals surface area contributed by atoms with Crippen LogP contribution in [0.15, 0.2) is 22.7 Å². The van der Waals surface area contributed by atoms with Gasteiger partial charge in [0.05, 0.1) is 14.2 Å². The van der Waals surface area contributed by atoms with Gasteiger partial charge in [0.25, 0.3) is 0 Å². The number of amides is 1. The molecule has 1 N–H and O–H groups in total. The van der Waals surface area contributed by atoms with E-state index in [-0.39, 0.29) is 11.9 Å². The minimum Gasteiger partial charge on any atom is -0.497 e. The molecule has 0 unspecified atom stereocenters. The molecule has 1 aromatic heterocycles. The molecule has 0 bridgehead atoms. The first kappa shape index (κ1) is 16.8. The molecule has 0 aliphatic carbocycles. The molecule has 2 aromatic rings. The summed E-state index contributed by atoms with van der Waals surface area (Å²) in [4.78, 5) is 16.2. The number of carbonyl (C=O) groups excluding carboxylic acids is 1. The largest absolute Gasteiger partial charge is 0.497 e. The highest BCUT2D eigenvalue weighted by molar-refractivity contribution is 5.76. The van der Waals surface area contributed by atoms with E-state index in [2.05, 4.69) is 15.5 Å². The van der Waals surface area contributed by atoms with Crippen LogP contribution in [0.2, 0.25) is 0 Å². The minimum absolute atomic E-state index is 0.0989. The molecule has 7 heteroatoms. The van der Waals surface area contributed by atoms with Crippen molar-refractivity contribution in [3.8, 4) is 11.5 Å². The van der Waals surface area contributed by atoms with E-state index in [9.17, 15) is 4.79 Å². The number of benzene rings is 1. The molecule has 0 radical (unpaired) electrons. The van der Waals surface area contributed by atoms with Gasteiger partial charge < -0.3 is 19.3 Å². The van der Waals surface area contributed by atoms with Crippen LogP contribution in [0, 0.1) is 6.92 Å². The second-order valence-electron chi connectivity index (χ2n) is 5.15. The predicted octanol–water partition coefficient (Wildman–Crippen LogP) is 2.21. The van der Waals surface area contributed by atoms with Gasteiger partial charge >= 0.3 is 0 Å². The fraction of sp³-hybridized carbons (Fsp3) is 0.438. The Morgan fingerprint density at radius 3 is 2.74 bits per heavy atom. The Kier molecular flexibility index (Phi) is 5.56. The van der Waals surface area contributed by atoms with Gasteiger partial charge in [0.15, 0.2) is 5.82 Å². The fourth-order valence-electron chi connectivity index (χ4n) is 2.19. The maximum Gasteiger partial charge on any atom is 0.248 e. The van der Waals surface area contributed by atoms with Crippen LogP contribution in [0.1, 0.15) is 36.7 Å². The monoisotopic (exact) mass is 319 g/mol. The van der Waals surface area contributed by atoms with E-state index in [4.69, 9.17) is 14.0 Å². The molecule has 0 saturated carbocycles. The molecular formula is C16H21N3O4. The summed E-state index contributed by atoms with van der Waals surface area (Å²) in [6, 6.07) is 5.20. The maximum atomic E-state index is 12.1. The summed E-state index contributed by atoms with van der Waals surface area (Å²) < 4.78 is 15.6. The number of hydrogen-bond donors (Lipinski definition) is 1. The topological polar surface area (TPSA) is 86.5 Å². The number of aryl methyl sites for hydroxylation is 2.